The Morgan fingerprint density at radius 3 is 2.75 bits per heavy atom. The van der Waals surface area contributed by atoms with Crippen molar-refractivity contribution in [3.63, 3.8) is 0 Å². The number of carbonyl (C=O) groups excluding carboxylic acids is 1. The highest BCUT2D eigenvalue weighted by molar-refractivity contribution is 5.97. The van der Waals surface area contributed by atoms with Gasteiger partial charge in [-0.15, -0.1) is 5.10 Å². The summed E-state index contributed by atoms with van der Waals surface area (Å²) in [7, 11) is 0. The fourth-order valence-corrected chi connectivity index (χ4v) is 2.03. The molecular formula is C14H11FN4O. The number of nitrogens with two attached hydrogens (primary N) is 1. The van der Waals surface area contributed by atoms with Gasteiger partial charge < -0.3 is 11.1 Å². The molecule has 0 saturated heterocycles. The highest BCUT2D eigenvalue weighted by atomic mass is 19.1. The number of hydrogen-bond donors (Lipinski definition) is 2. The smallest absolute Gasteiger partial charge is 0.340 e. The first kappa shape index (κ1) is 12.2. The summed E-state index contributed by atoms with van der Waals surface area (Å²) in [5.41, 5.74) is 6.43. The first-order valence-corrected chi connectivity index (χ1v) is 5.95. The van der Waals surface area contributed by atoms with Crippen LogP contribution < -0.4 is 11.1 Å². The van der Waals surface area contributed by atoms with E-state index < -0.39 is 6.03 Å². The summed E-state index contributed by atoms with van der Waals surface area (Å²) in [4.78, 5) is 11.4. The molecule has 0 aliphatic carbocycles. The highest BCUT2D eigenvalue weighted by Crippen LogP contribution is 2.25. The minimum absolute atomic E-state index is 0.353. The predicted octanol–water partition coefficient (Wildman–Crippen LogP) is 2.85. The number of halogens is 1. The summed E-state index contributed by atoms with van der Waals surface area (Å²) in [5.74, 6) is 0.0960. The lowest BCUT2D eigenvalue weighted by atomic mass is 10.2. The minimum atomic E-state index is -0.673. The Balaban J connectivity index is 2.10. The monoisotopic (exact) mass is 270 g/mol. The van der Waals surface area contributed by atoms with Crippen molar-refractivity contribution in [1.29, 1.82) is 0 Å². The van der Waals surface area contributed by atoms with Crippen LogP contribution in [0.15, 0.2) is 48.5 Å². The second-order valence-corrected chi connectivity index (χ2v) is 4.25. The van der Waals surface area contributed by atoms with Crippen molar-refractivity contribution in [3.8, 4) is 0 Å². The van der Waals surface area contributed by atoms with Gasteiger partial charge in [0.1, 0.15) is 5.82 Å². The van der Waals surface area contributed by atoms with Gasteiger partial charge in [-0.1, -0.05) is 18.2 Å². The largest absolute Gasteiger partial charge is 0.350 e. The summed E-state index contributed by atoms with van der Waals surface area (Å²) in [6, 6.07) is 12.5. The maximum absolute atomic E-state index is 13.2. The first-order chi connectivity index (χ1) is 9.65. The quantitative estimate of drug-likeness (QED) is 0.752. The van der Waals surface area contributed by atoms with Gasteiger partial charge in [0.25, 0.3) is 0 Å². The van der Waals surface area contributed by atoms with Crippen LogP contribution in [0.3, 0.4) is 0 Å². The fraction of sp³-hybridized carbons (Fsp3) is 0. The minimum Gasteiger partial charge on any atom is -0.350 e. The standard InChI is InChI=1S/C14H11FN4O/c15-9-4-3-5-10(8-9)17-13-11-6-1-2-7-12(11)19(18-13)14(16)20/h1-8H,(H2,16,20)(H,17,18). The molecule has 0 bridgehead atoms. The van der Waals surface area contributed by atoms with Gasteiger partial charge in [0.2, 0.25) is 0 Å². The lowest BCUT2D eigenvalue weighted by Crippen LogP contribution is -2.20. The number of anilines is 2. The third kappa shape index (κ3) is 2.07. The van der Waals surface area contributed by atoms with Crippen molar-refractivity contribution in [2.75, 3.05) is 5.32 Å². The van der Waals surface area contributed by atoms with Crippen LogP contribution in [0.5, 0.6) is 0 Å². The Labute approximate surface area is 113 Å². The van der Waals surface area contributed by atoms with E-state index in [-0.39, 0.29) is 5.82 Å². The second kappa shape index (κ2) is 4.65. The molecule has 0 radical (unpaired) electrons. The van der Waals surface area contributed by atoms with Gasteiger partial charge in [-0.05, 0) is 30.3 Å². The van der Waals surface area contributed by atoms with Crippen molar-refractivity contribution < 1.29 is 9.18 Å². The average Bonchev–Trinajstić information content (AvgIpc) is 2.78. The summed E-state index contributed by atoms with van der Waals surface area (Å²) in [6.45, 7) is 0. The average molecular weight is 270 g/mol. The number of hydrogen-bond acceptors (Lipinski definition) is 3. The van der Waals surface area contributed by atoms with E-state index in [9.17, 15) is 9.18 Å². The molecule has 0 atom stereocenters. The van der Waals surface area contributed by atoms with Gasteiger partial charge in [0.15, 0.2) is 5.82 Å². The molecule has 0 aliphatic heterocycles. The Bertz CT molecular complexity index is 797. The predicted molar refractivity (Wildman–Crippen MR) is 74.4 cm³/mol. The Morgan fingerprint density at radius 2 is 2.00 bits per heavy atom. The molecule has 1 aromatic heterocycles. The zero-order valence-electron chi connectivity index (χ0n) is 10.4. The van der Waals surface area contributed by atoms with Gasteiger partial charge in [-0.2, -0.15) is 4.68 Å². The zero-order chi connectivity index (χ0) is 14.1. The fourth-order valence-electron chi connectivity index (χ4n) is 2.03. The first-order valence-electron chi connectivity index (χ1n) is 5.95. The van der Waals surface area contributed by atoms with Gasteiger partial charge in [-0.25, -0.2) is 9.18 Å². The van der Waals surface area contributed by atoms with Gasteiger partial charge in [0, 0.05) is 11.1 Å². The molecule has 0 unspecified atom stereocenters. The molecule has 100 valence electrons. The van der Waals surface area contributed by atoms with Crippen molar-refractivity contribution in [1.82, 2.24) is 9.78 Å². The van der Waals surface area contributed by atoms with E-state index in [1.54, 1.807) is 24.3 Å². The van der Waals surface area contributed by atoms with Crippen LogP contribution in [0.4, 0.5) is 20.7 Å². The number of fused-ring (bicyclic) bond motifs is 1. The third-order valence-corrected chi connectivity index (χ3v) is 2.88. The van der Waals surface area contributed by atoms with Crippen molar-refractivity contribution in [2.24, 2.45) is 5.73 Å². The second-order valence-electron chi connectivity index (χ2n) is 4.25. The Hall–Kier alpha value is -2.89. The zero-order valence-corrected chi connectivity index (χ0v) is 10.4. The molecule has 1 heterocycles. The lowest BCUT2D eigenvalue weighted by Gasteiger charge is -2.03. The SMILES string of the molecule is NC(=O)n1nc(Nc2cccc(F)c2)c2ccccc21. The topological polar surface area (TPSA) is 72.9 Å². The van der Waals surface area contributed by atoms with Crippen LogP contribution >= 0.6 is 0 Å². The molecule has 20 heavy (non-hydrogen) atoms. The van der Waals surface area contributed by atoms with Crippen LogP contribution in [-0.2, 0) is 0 Å². The van der Waals surface area contributed by atoms with Crippen molar-refractivity contribution in [3.05, 3.63) is 54.3 Å². The normalized spacial score (nSPS) is 10.7. The molecule has 6 heteroatoms. The number of amides is 1. The molecule has 3 aromatic rings. The number of aromatic nitrogens is 2. The highest BCUT2D eigenvalue weighted by Gasteiger charge is 2.13. The summed E-state index contributed by atoms with van der Waals surface area (Å²) >= 11 is 0. The van der Waals surface area contributed by atoms with Gasteiger partial charge in [0.05, 0.1) is 5.52 Å². The van der Waals surface area contributed by atoms with Crippen LogP contribution in [0, 0.1) is 5.82 Å². The lowest BCUT2D eigenvalue weighted by molar-refractivity contribution is 0.248. The molecular weight excluding hydrogens is 259 g/mol. The summed E-state index contributed by atoms with van der Waals surface area (Å²) in [5, 5.41) is 7.84. The van der Waals surface area contributed by atoms with Gasteiger partial charge >= 0.3 is 6.03 Å². The maximum atomic E-state index is 13.2. The van der Waals surface area contributed by atoms with Crippen LogP contribution in [-0.4, -0.2) is 15.8 Å². The van der Waals surface area contributed by atoms with E-state index in [4.69, 9.17) is 5.73 Å². The maximum Gasteiger partial charge on any atom is 0.340 e. The molecule has 3 rings (SSSR count). The molecule has 5 nitrogen and oxygen atoms in total. The van der Waals surface area contributed by atoms with E-state index in [0.717, 1.165) is 10.1 Å². The van der Waals surface area contributed by atoms with Crippen LogP contribution in [0.25, 0.3) is 10.9 Å². The van der Waals surface area contributed by atoms with Gasteiger partial charge in [-0.3, -0.25) is 0 Å². The number of benzene rings is 2. The Kier molecular flexibility index (Phi) is 2.83. The molecule has 0 aliphatic rings. The molecule has 0 fully saturated rings. The molecule has 0 saturated carbocycles. The third-order valence-electron chi connectivity index (χ3n) is 2.88. The van der Waals surface area contributed by atoms with E-state index in [2.05, 4.69) is 10.4 Å². The number of nitrogens with one attached hydrogen (secondary N) is 1. The van der Waals surface area contributed by atoms with Crippen molar-refractivity contribution >= 4 is 28.4 Å². The number of nitrogens with zero attached hydrogens (tertiary/aromatic N) is 2. The molecule has 2 aromatic carbocycles. The van der Waals surface area contributed by atoms with E-state index in [0.29, 0.717) is 17.0 Å². The van der Waals surface area contributed by atoms with Crippen LogP contribution in [0.2, 0.25) is 0 Å². The summed E-state index contributed by atoms with van der Waals surface area (Å²) < 4.78 is 14.3. The molecule has 3 N–H and O–H groups in total. The molecule has 0 spiro atoms. The number of para-hydroxylation sites is 1. The van der Waals surface area contributed by atoms with E-state index in [1.165, 1.54) is 12.1 Å². The van der Waals surface area contributed by atoms with Crippen LogP contribution in [0.1, 0.15) is 0 Å². The summed E-state index contributed by atoms with van der Waals surface area (Å²) in [6.07, 6.45) is 0. The van der Waals surface area contributed by atoms with E-state index >= 15 is 0 Å². The number of rotatable bonds is 2. The van der Waals surface area contributed by atoms with E-state index in [1.807, 2.05) is 12.1 Å². The Morgan fingerprint density at radius 1 is 1.20 bits per heavy atom. The number of carbonyl (C=O) groups is 1. The van der Waals surface area contributed by atoms with Crippen molar-refractivity contribution in [2.45, 2.75) is 0 Å². The number of primary amides is 1. The molecule has 1 amide bonds.